The SMILES string of the molecule is Cc1nnc2n1C(C(=O)NC(Cc1ccc3c(c1)OCO3)C(=O)O)CC2. The minimum atomic E-state index is -1.09. The summed E-state index contributed by atoms with van der Waals surface area (Å²) in [7, 11) is 0. The van der Waals surface area contributed by atoms with E-state index in [0.29, 0.717) is 30.2 Å². The average Bonchev–Trinajstić information content (AvgIpc) is 3.31. The predicted molar refractivity (Wildman–Crippen MR) is 88.0 cm³/mol. The molecule has 9 heteroatoms. The summed E-state index contributed by atoms with van der Waals surface area (Å²) in [6.07, 6.45) is 1.39. The number of carboxylic acids is 1. The Labute approximate surface area is 148 Å². The van der Waals surface area contributed by atoms with Gasteiger partial charge in [-0.15, -0.1) is 10.2 Å². The number of nitrogens with zero attached hydrogens (tertiary/aromatic N) is 3. The molecule has 2 aromatic rings. The van der Waals surface area contributed by atoms with Crippen LogP contribution in [0.5, 0.6) is 11.5 Å². The lowest BCUT2D eigenvalue weighted by atomic mass is 10.0. The summed E-state index contributed by atoms with van der Waals surface area (Å²) in [5.74, 6) is 1.20. The second-order valence-corrected chi connectivity index (χ2v) is 6.38. The van der Waals surface area contributed by atoms with Crippen LogP contribution in [0.4, 0.5) is 0 Å². The van der Waals surface area contributed by atoms with Gasteiger partial charge in [-0.05, 0) is 31.0 Å². The first kappa shape index (κ1) is 16.4. The van der Waals surface area contributed by atoms with Gasteiger partial charge < -0.3 is 24.5 Å². The molecule has 2 aliphatic rings. The molecule has 1 aromatic carbocycles. The van der Waals surface area contributed by atoms with Crippen LogP contribution < -0.4 is 14.8 Å². The van der Waals surface area contributed by atoms with Gasteiger partial charge in [0.05, 0.1) is 0 Å². The molecule has 2 N–H and O–H groups in total. The van der Waals surface area contributed by atoms with E-state index in [1.165, 1.54) is 0 Å². The smallest absolute Gasteiger partial charge is 0.326 e. The normalized spacial score (nSPS) is 18.4. The summed E-state index contributed by atoms with van der Waals surface area (Å²) in [6, 6.07) is 3.74. The lowest BCUT2D eigenvalue weighted by Gasteiger charge is -2.19. The highest BCUT2D eigenvalue weighted by molar-refractivity contribution is 5.86. The van der Waals surface area contributed by atoms with Crippen molar-refractivity contribution >= 4 is 11.9 Å². The quantitative estimate of drug-likeness (QED) is 0.805. The van der Waals surface area contributed by atoms with Crippen molar-refractivity contribution in [1.82, 2.24) is 20.1 Å². The van der Waals surface area contributed by atoms with E-state index < -0.39 is 18.1 Å². The van der Waals surface area contributed by atoms with Crippen molar-refractivity contribution in [3.8, 4) is 11.5 Å². The molecule has 3 heterocycles. The first-order valence-electron chi connectivity index (χ1n) is 8.35. The second kappa shape index (κ2) is 6.32. The van der Waals surface area contributed by atoms with E-state index in [-0.39, 0.29) is 19.1 Å². The van der Waals surface area contributed by atoms with Crippen molar-refractivity contribution in [2.45, 2.75) is 38.3 Å². The number of aryl methyl sites for hydroxylation is 2. The number of hydrogen-bond acceptors (Lipinski definition) is 6. The van der Waals surface area contributed by atoms with Crippen LogP contribution >= 0.6 is 0 Å². The number of carbonyl (C=O) groups is 2. The van der Waals surface area contributed by atoms with Crippen LogP contribution in [0.25, 0.3) is 0 Å². The number of aromatic nitrogens is 3. The molecule has 4 rings (SSSR count). The van der Waals surface area contributed by atoms with Gasteiger partial charge in [-0.25, -0.2) is 4.79 Å². The Hall–Kier alpha value is -3.10. The third-order valence-electron chi connectivity index (χ3n) is 4.68. The van der Waals surface area contributed by atoms with Crippen LogP contribution in [-0.2, 0) is 22.4 Å². The zero-order valence-electron chi connectivity index (χ0n) is 14.1. The van der Waals surface area contributed by atoms with E-state index in [0.717, 1.165) is 11.4 Å². The number of amides is 1. The number of rotatable bonds is 5. The van der Waals surface area contributed by atoms with Crippen molar-refractivity contribution in [2.24, 2.45) is 0 Å². The van der Waals surface area contributed by atoms with E-state index in [1.54, 1.807) is 29.7 Å². The maximum atomic E-state index is 12.7. The van der Waals surface area contributed by atoms with Crippen LogP contribution in [0, 0.1) is 6.92 Å². The third-order valence-corrected chi connectivity index (χ3v) is 4.68. The number of aliphatic carboxylic acids is 1. The number of ether oxygens (including phenoxy) is 2. The molecule has 26 heavy (non-hydrogen) atoms. The Bertz CT molecular complexity index is 878. The van der Waals surface area contributed by atoms with Gasteiger partial charge in [0.25, 0.3) is 0 Å². The Kier molecular flexibility index (Phi) is 3.98. The van der Waals surface area contributed by atoms with E-state index in [2.05, 4.69) is 15.5 Å². The van der Waals surface area contributed by atoms with Gasteiger partial charge >= 0.3 is 5.97 Å². The third kappa shape index (κ3) is 2.85. The highest BCUT2D eigenvalue weighted by atomic mass is 16.7. The molecule has 2 aliphatic heterocycles. The van der Waals surface area contributed by atoms with Crippen molar-refractivity contribution < 1.29 is 24.2 Å². The van der Waals surface area contributed by atoms with Gasteiger partial charge in [0, 0.05) is 12.8 Å². The molecule has 0 fully saturated rings. The first-order chi connectivity index (χ1) is 12.5. The lowest BCUT2D eigenvalue weighted by Crippen LogP contribution is -2.45. The Morgan fingerprint density at radius 2 is 2.15 bits per heavy atom. The molecule has 0 saturated carbocycles. The van der Waals surface area contributed by atoms with Gasteiger partial charge in [-0.2, -0.15) is 0 Å². The second-order valence-electron chi connectivity index (χ2n) is 6.38. The summed E-state index contributed by atoms with van der Waals surface area (Å²) < 4.78 is 12.3. The zero-order valence-corrected chi connectivity index (χ0v) is 14.1. The molecule has 0 bridgehead atoms. The van der Waals surface area contributed by atoms with Gasteiger partial charge in [-0.1, -0.05) is 6.07 Å². The van der Waals surface area contributed by atoms with E-state index in [1.807, 2.05) is 0 Å². The molecular weight excluding hydrogens is 340 g/mol. The molecular formula is C17H18N4O5. The molecule has 2 unspecified atom stereocenters. The van der Waals surface area contributed by atoms with Gasteiger partial charge in [-0.3, -0.25) is 4.79 Å². The fourth-order valence-electron chi connectivity index (χ4n) is 3.40. The molecule has 1 amide bonds. The van der Waals surface area contributed by atoms with Crippen LogP contribution in [0.3, 0.4) is 0 Å². The molecule has 2 atom stereocenters. The Morgan fingerprint density at radius 1 is 1.35 bits per heavy atom. The molecule has 0 spiro atoms. The summed E-state index contributed by atoms with van der Waals surface area (Å²) in [5, 5.41) is 20.2. The Balaban J connectivity index is 1.48. The largest absolute Gasteiger partial charge is 0.480 e. The van der Waals surface area contributed by atoms with E-state index in [9.17, 15) is 14.7 Å². The summed E-state index contributed by atoms with van der Waals surface area (Å²) in [6.45, 7) is 1.93. The molecule has 0 radical (unpaired) electrons. The van der Waals surface area contributed by atoms with Gasteiger partial charge in [0.2, 0.25) is 12.7 Å². The van der Waals surface area contributed by atoms with Gasteiger partial charge in [0.15, 0.2) is 11.5 Å². The van der Waals surface area contributed by atoms with Crippen LogP contribution in [0.1, 0.15) is 29.7 Å². The molecule has 0 saturated heterocycles. The minimum absolute atomic E-state index is 0.151. The number of hydrogen-bond donors (Lipinski definition) is 2. The molecule has 136 valence electrons. The fourth-order valence-corrected chi connectivity index (χ4v) is 3.40. The minimum Gasteiger partial charge on any atom is -0.480 e. The Morgan fingerprint density at radius 3 is 2.96 bits per heavy atom. The number of benzene rings is 1. The predicted octanol–water partition coefficient (Wildman–Crippen LogP) is 0.615. The van der Waals surface area contributed by atoms with E-state index in [4.69, 9.17) is 9.47 Å². The lowest BCUT2D eigenvalue weighted by molar-refractivity contribution is -0.142. The average molecular weight is 358 g/mol. The number of nitrogens with one attached hydrogen (secondary N) is 1. The standard InChI is InChI=1S/C17H18N4O5/c1-9-19-20-15-5-3-12(21(9)15)16(22)18-11(17(23)24)6-10-2-4-13-14(7-10)26-8-25-13/h2,4,7,11-12H,3,5-6,8H2,1H3,(H,18,22)(H,23,24). The van der Waals surface area contributed by atoms with Crippen LogP contribution in [-0.4, -0.2) is 44.6 Å². The van der Waals surface area contributed by atoms with Crippen molar-refractivity contribution in [3.05, 3.63) is 35.4 Å². The number of carboxylic acid groups (broad SMARTS) is 1. The number of fused-ring (bicyclic) bond motifs is 2. The maximum absolute atomic E-state index is 12.7. The topological polar surface area (TPSA) is 116 Å². The maximum Gasteiger partial charge on any atom is 0.326 e. The van der Waals surface area contributed by atoms with E-state index >= 15 is 0 Å². The van der Waals surface area contributed by atoms with Crippen molar-refractivity contribution in [2.75, 3.05) is 6.79 Å². The van der Waals surface area contributed by atoms with Crippen molar-refractivity contribution in [3.63, 3.8) is 0 Å². The first-order valence-corrected chi connectivity index (χ1v) is 8.35. The van der Waals surface area contributed by atoms with Gasteiger partial charge in [0.1, 0.15) is 23.7 Å². The summed E-state index contributed by atoms with van der Waals surface area (Å²) in [5.41, 5.74) is 0.745. The van der Waals surface area contributed by atoms with Crippen LogP contribution in [0.2, 0.25) is 0 Å². The fraction of sp³-hybridized carbons (Fsp3) is 0.412. The van der Waals surface area contributed by atoms with Crippen LogP contribution in [0.15, 0.2) is 18.2 Å². The number of carbonyl (C=O) groups excluding carboxylic acids is 1. The highest BCUT2D eigenvalue weighted by Crippen LogP contribution is 2.33. The van der Waals surface area contributed by atoms with Crippen molar-refractivity contribution in [1.29, 1.82) is 0 Å². The molecule has 9 nitrogen and oxygen atoms in total. The zero-order chi connectivity index (χ0) is 18.3. The molecule has 1 aromatic heterocycles. The summed E-state index contributed by atoms with van der Waals surface area (Å²) >= 11 is 0. The highest BCUT2D eigenvalue weighted by Gasteiger charge is 2.33. The summed E-state index contributed by atoms with van der Waals surface area (Å²) in [4.78, 5) is 24.3. The monoisotopic (exact) mass is 358 g/mol. The molecule has 0 aliphatic carbocycles.